The fraction of sp³-hybridized carbons (Fsp3) is 0.857. The lowest BCUT2D eigenvalue weighted by atomic mass is 10.2. The zero-order valence-corrected chi connectivity index (χ0v) is 12.9. The Hall–Kier alpha value is -0.980. The van der Waals surface area contributed by atoms with E-state index in [1.165, 1.54) is 0 Å². The first kappa shape index (κ1) is 15.4. The molecule has 0 radical (unpaired) electrons. The van der Waals surface area contributed by atoms with Crippen molar-refractivity contribution in [3.63, 3.8) is 0 Å². The first-order valence-electron chi connectivity index (χ1n) is 7.57. The van der Waals surface area contributed by atoms with Gasteiger partial charge in [0.05, 0.1) is 24.9 Å². The van der Waals surface area contributed by atoms with Crippen molar-refractivity contribution < 1.29 is 4.74 Å². The van der Waals surface area contributed by atoms with Crippen LogP contribution in [0.4, 0.5) is 0 Å². The highest BCUT2D eigenvalue weighted by Crippen LogP contribution is 2.04. The van der Waals surface area contributed by atoms with Crippen LogP contribution in [-0.4, -0.2) is 58.8 Å². The predicted octanol–water partition coefficient (Wildman–Crippen LogP) is 0.744. The standard InChI is InChI=1S/C14H27N5O/c1-12(2)8-15-9-14-11-19(17-16-14)5-4-18-6-7-20-13(3)10-18/h11-13,15H,4-10H2,1-3H3. The smallest absolute Gasteiger partial charge is 0.0964 e. The van der Waals surface area contributed by atoms with Crippen molar-refractivity contribution in [3.05, 3.63) is 11.9 Å². The number of hydrogen-bond donors (Lipinski definition) is 1. The van der Waals surface area contributed by atoms with Gasteiger partial charge in [0.15, 0.2) is 0 Å². The van der Waals surface area contributed by atoms with E-state index in [9.17, 15) is 0 Å². The Kier molecular flexibility index (Phi) is 5.94. The van der Waals surface area contributed by atoms with E-state index in [2.05, 4.69) is 41.3 Å². The second-order valence-electron chi connectivity index (χ2n) is 5.98. The van der Waals surface area contributed by atoms with Gasteiger partial charge >= 0.3 is 0 Å². The van der Waals surface area contributed by atoms with E-state index in [1.807, 2.05) is 10.9 Å². The molecule has 114 valence electrons. The second-order valence-corrected chi connectivity index (χ2v) is 5.98. The third-order valence-electron chi connectivity index (χ3n) is 3.42. The highest BCUT2D eigenvalue weighted by Gasteiger charge is 2.16. The van der Waals surface area contributed by atoms with Gasteiger partial charge in [-0.15, -0.1) is 5.10 Å². The fourth-order valence-electron chi connectivity index (χ4n) is 2.36. The van der Waals surface area contributed by atoms with Crippen LogP contribution in [0.2, 0.25) is 0 Å². The van der Waals surface area contributed by atoms with Crippen LogP contribution < -0.4 is 5.32 Å². The van der Waals surface area contributed by atoms with Gasteiger partial charge in [0.1, 0.15) is 0 Å². The molecule has 1 saturated heterocycles. The molecule has 1 aliphatic rings. The molecule has 2 heterocycles. The Balaban J connectivity index is 1.69. The molecule has 0 bridgehead atoms. The van der Waals surface area contributed by atoms with Crippen LogP contribution in [0.1, 0.15) is 26.5 Å². The van der Waals surface area contributed by atoms with Crippen LogP contribution in [0.5, 0.6) is 0 Å². The molecule has 0 spiro atoms. The number of morpholine rings is 1. The van der Waals surface area contributed by atoms with E-state index in [1.54, 1.807) is 0 Å². The first-order chi connectivity index (χ1) is 9.63. The number of hydrogen-bond acceptors (Lipinski definition) is 5. The van der Waals surface area contributed by atoms with Crippen LogP contribution in [0.3, 0.4) is 0 Å². The molecule has 0 saturated carbocycles. The molecule has 6 heteroatoms. The van der Waals surface area contributed by atoms with Crippen molar-refractivity contribution in [2.24, 2.45) is 5.92 Å². The quantitative estimate of drug-likeness (QED) is 0.799. The Morgan fingerprint density at radius 1 is 1.45 bits per heavy atom. The fourth-order valence-corrected chi connectivity index (χ4v) is 2.36. The highest BCUT2D eigenvalue weighted by molar-refractivity contribution is 4.91. The van der Waals surface area contributed by atoms with Crippen molar-refractivity contribution in [2.45, 2.75) is 40.0 Å². The van der Waals surface area contributed by atoms with Crippen LogP contribution in [0.15, 0.2) is 6.20 Å². The van der Waals surface area contributed by atoms with Gasteiger partial charge in [-0.3, -0.25) is 9.58 Å². The lowest BCUT2D eigenvalue weighted by molar-refractivity contribution is -0.0194. The maximum absolute atomic E-state index is 5.54. The third kappa shape index (κ3) is 5.19. The topological polar surface area (TPSA) is 55.2 Å². The van der Waals surface area contributed by atoms with Crippen LogP contribution >= 0.6 is 0 Å². The molecule has 1 fully saturated rings. The minimum Gasteiger partial charge on any atom is -0.376 e. The number of ether oxygens (including phenoxy) is 1. The van der Waals surface area contributed by atoms with E-state index in [0.717, 1.165) is 51.6 Å². The van der Waals surface area contributed by atoms with Gasteiger partial charge in [-0.2, -0.15) is 0 Å². The Morgan fingerprint density at radius 2 is 2.30 bits per heavy atom. The van der Waals surface area contributed by atoms with Crippen molar-refractivity contribution in [2.75, 3.05) is 32.8 Å². The molecule has 1 aromatic heterocycles. The predicted molar refractivity (Wildman–Crippen MR) is 78.4 cm³/mol. The molecule has 2 rings (SSSR count). The summed E-state index contributed by atoms with van der Waals surface area (Å²) < 4.78 is 7.48. The molecule has 6 nitrogen and oxygen atoms in total. The second kappa shape index (κ2) is 7.71. The Labute approximate surface area is 121 Å². The molecular formula is C14H27N5O. The van der Waals surface area contributed by atoms with Crippen LogP contribution in [-0.2, 0) is 17.8 Å². The van der Waals surface area contributed by atoms with Gasteiger partial charge < -0.3 is 10.1 Å². The minimum atomic E-state index is 0.343. The van der Waals surface area contributed by atoms with E-state index in [0.29, 0.717) is 12.0 Å². The summed E-state index contributed by atoms with van der Waals surface area (Å²) in [4.78, 5) is 2.42. The summed E-state index contributed by atoms with van der Waals surface area (Å²) in [6.45, 7) is 13.1. The molecular weight excluding hydrogens is 254 g/mol. The van der Waals surface area contributed by atoms with Gasteiger partial charge in [-0.05, 0) is 19.4 Å². The number of aromatic nitrogens is 3. The molecule has 20 heavy (non-hydrogen) atoms. The van der Waals surface area contributed by atoms with Gasteiger partial charge in [0.2, 0.25) is 0 Å². The molecule has 0 aromatic carbocycles. The number of rotatable bonds is 7. The summed E-state index contributed by atoms with van der Waals surface area (Å²) >= 11 is 0. The summed E-state index contributed by atoms with van der Waals surface area (Å²) in [6.07, 6.45) is 2.38. The van der Waals surface area contributed by atoms with Gasteiger partial charge in [0.25, 0.3) is 0 Å². The summed E-state index contributed by atoms with van der Waals surface area (Å²) in [5.74, 6) is 0.661. The average molecular weight is 281 g/mol. The maximum Gasteiger partial charge on any atom is 0.0964 e. The molecule has 1 aliphatic heterocycles. The number of nitrogens with zero attached hydrogens (tertiary/aromatic N) is 4. The van der Waals surface area contributed by atoms with Gasteiger partial charge in [-0.1, -0.05) is 19.1 Å². The summed E-state index contributed by atoms with van der Waals surface area (Å²) in [5.41, 5.74) is 1.01. The summed E-state index contributed by atoms with van der Waals surface area (Å²) in [7, 11) is 0. The van der Waals surface area contributed by atoms with Crippen molar-refractivity contribution in [1.82, 2.24) is 25.2 Å². The van der Waals surface area contributed by atoms with Crippen molar-refractivity contribution in [1.29, 1.82) is 0 Å². The zero-order valence-electron chi connectivity index (χ0n) is 12.9. The first-order valence-corrected chi connectivity index (χ1v) is 7.57. The summed E-state index contributed by atoms with van der Waals surface area (Å²) in [5, 5.41) is 11.8. The SMILES string of the molecule is CC(C)CNCc1cn(CCN2CCOC(C)C2)nn1. The van der Waals surface area contributed by atoms with E-state index in [-0.39, 0.29) is 0 Å². The molecule has 1 N–H and O–H groups in total. The maximum atomic E-state index is 5.54. The molecule has 0 aliphatic carbocycles. The van der Waals surface area contributed by atoms with Gasteiger partial charge in [-0.25, -0.2) is 0 Å². The summed E-state index contributed by atoms with van der Waals surface area (Å²) in [6, 6.07) is 0. The van der Waals surface area contributed by atoms with Crippen molar-refractivity contribution in [3.8, 4) is 0 Å². The Morgan fingerprint density at radius 3 is 3.05 bits per heavy atom. The number of nitrogens with one attached hydrogen (secondary N) is 1. The Bertz CT molecular complexity index is 393. The largest absolute Gasteiger partial charge is 0.376 e. The van der Waals surface area contributed by atoms with E-state index in [4.69, 9.17) is 4.74 Å². The highest BCUT2D eigenvalue weighted by atomic mass is 16.5. The zero-order chi connectivity index (χ0) is 14.4. The third-order valence-corrected chi connectivity index (χ3v) is 3.42. The van der Waals surface area contributed by atoms with Crippen LogP contribution in [0, 0.1) is 5.92 Å². The average Bonchev–Trinajstić information content (AvgIpc) is 2.84. The normalized spacial score (nSPS) is 20.7. The molecule has 1 unspecified atom stereocenters. The van der Waals surface area contributed by atoms with E-state index < -0.39 is 0 Å². The molecule has 1 atom stereocenters. The van der Waals surface area contributed by atoms with Gasteiger partial charge in [0, 0.05) is 32.4 Å². The van der Waals surface area contributed by atoms with Crippen LogP contribution in [0.25, 0.3) is 0 Å². The minimum absolute atomic E-state index is 0.343. The monoisotopic (exact) mass is 281 g/mol. The molecule has 1 aromatic rings. The van der Waals surface area contributed by atoms with Crippen molar-refractivity contribution >= 4 is 0 Å². The molecule has 0 amide bonds. The lowest BCUT2D eigenvalue weighted by Gasteiger charge is -2.30. The van der Waals surface area contributed by atoms with E-state index >= 15 is 0 Å². The lowest BCUT2D eigenvalue weighted by Crippen LogP contribution is -2.42.